The van der Waals surface area contributed by atoms with Crippen molar-refractivity contribution in [2.45, 2.75) is 13.5 Å². The van der Waals surface area contributed by atoms with Crippen LogP contribution in [0.5, 0.6) is 11.5 Å². The summed E-state index contributed by atoms with van der Waals surface area (Å²) in [7, 11) is 3.22. The maximum atomic E-state index is 13.0. The number of fused-ring (bicyclic) bond motifs is 1. The van der Waals surface area contributed by atoms with E-state index >= 15 is 0 Å². The van der Waals surface area contributed by atoms with Crippen LogP contribution in [0, 0.1) is 0 Å². The molecule has 0 bridgehead atoms. The lowest BCUT2D eigenvalue weighted by molar-refractivity contribution is 0.0752. The number of ether oxygens (including phenoxy) is 2. The molecule has 134 valence electrons. The molecular weight excluding hydrogens is 326 g/mol. The van der Waals surface area contributed by atoms with E-state index in [0.717, 1.165) is 16.3 Å². The number of carbonyl (C=O) groups is 1. The number of amides is 1. The predicted octanol–water partition coefficient (Wildman–Crippen LogP) is 4.52. The van der Waals surface area contributed by atoms with Crippen LogP contribution in [0.4, 0.5) is 0 Å². The van der Waals surface area contributed by atoms with Gasteiger partial charge in [0.25, 0.3) is 5.91 Å². The minimum atomic E-state index is 0.0213. The first-order valence-electron chi connectivity index (χ1n) is 8.65. The van der Waals surface area contributed by atoms with Crippen LogP contribution in [-0.2, 0) is 6.54 Å². The Morgan fingerprint density at radius 2 is 1.62 bits per heavy atom. The Bertz CT molecular complexity index is 920. The topological polar surface area (TPSA) is 38.8 Å². The van der Waals surface area contributed by atoms with Crippen molar-refractivity contribution in [3.63, 3.8) is 0 Å². The molecule has 0 heterocycles. The number of hydrogen-bond acceptors (Lipinski definition) is 3. The quantitative estimate of drug-likeness (QED) is 0.657. The molecule has 0 aliphatic carbocycles. The van der Waals surface area contributed by atoms with E-state index in [-0.39, 0.29) is 5.91 Å². The van der Waals surface area contributed by atoms with Gasteiger partial charge in [0.15, 0.2) is 11.5 Å². The highest BCUT2D eigenvalue weighted by molar-refractivity contribution is 5.98. The van der Waals surface area contributed by atoms with Gasteiger partial charge in [-0.15, -0.1) is 0 Å². The van der Waals surface area contributed by atoms with Crippen LogP contribution in [0.25, 0.3) is 10.8 Å². The van der Waals surface area contributed by atoms with Crippen molar-refractivity contribution in [1.82, 2.24) is 4.90 Å². The summed E-state index contributed by atoms with van der Waals surface area (Å²) in [6, 6.07) is 19.6. The first-order chi connectivity index (χ1) is 12.7. The van der Waals surface area contributed by atoms with Gasteiger partial charge in [0.2, 0.25) is 0 Å². The maximum absolute atomic E-state index is 13.0. The minimum Gasteiger partial charge on any atom is -0.493 e. The van der Waals surface area contributed by atoms with Crippen molar-refractivity contribution in [1.29, 1.82) is 0 Å². The second-order valence-electron chi connectivity index (χ2n) is 6.07. The Hall–Kier alpha value is -3.01. The molecule has 0 saturated carbocycles. The van der Waals surface area contributed by atoms with Crippen LogP contribution in [0.15, 0.2) is 60.7 Å². The van der Waals surface area contributed by atoms with E-state index in [0.29, 0.717) is 30.2 Å². The van der Waals surface area contributed by atoms with E-state index in [4.69, 9.17) is 9.47 Å². The molecule has 0 saturated heterocycles. The molecule has 0 N–H and O–H groups in total. The van der Waals surface area contributed by atoms with Crippen LogP contribution in [0.2, 0.25) is 0 Å². The molecule has 3 aromatic carbocycles. The standard InChI is InChI=1S/C22H23NO3/c1-4-23(15-16-9-12-20(25-2)21(13-16)26-3)22(24)19-11-10-17-7-5-6-8-18(17)14-19/h5-14H,4,15H2,1-3H3. The van der Waals surface area contributed by atoms with E-state index in [9.17, 15) is 4.79 Å². The van der Waals surface area contributed by atoms with Crippen LogP contribution >= 0.6 is 0 Å². The van der Waals surface area contributed by atoms with Gasteiger partial charge in [-0.1, -0.05) is 36.4 Å². The fourth-order valence-electron chi connectivity index (χ4n) is 3.03. The molecule has 0 aliphatic rings. The Labute approximate surface area is 154 Å². The van der Waals surface area contributed by atoms with Gasteiger partial charge in [0.05, 0.1) is 14.2 Å². The smallest absolute Gasteiger partial charge is 0.254 e. The lowest BCUT2D eigenvalue weighted by Crippen LogP contribution is -2.30. The zero-order valence-corrected chi connectivity index (χ0v) is 15.4. The van der Waals surface area contributed by atoms with Gasteiger partial charge >= 0.3 is 0 Å². The third-order valence-corrected chi connectivity index (χ3v) is 4.49. The molecule has 4 heteroatoms. The van der Waals surface area contributed by atoms with Gasteiger partial charge in [-0.25, -0.2) is 0 Å². The molecule has 4 nitrogen and oxygen atoms in total. The van der Waals surface area contributed by atoms with Crippen molar-refractivity contribution in [3.8, 4) is 11.5 Å². The third kappa shape index (κ3) is 3.64. The van der Waals surface area contributed by atoms with E-state index in [1.54, 1.807) is 14.2 Å². The van der Waals surface area contributed by atoms with Crippen LogP contribution in [-0.4, -0.2) is 31.6 Å². The summed E-state index contributed by atoms with van der Waals surface area (Å²) in [6.07, 6.45) is 0. The Kier molecular flexibility index (Phi) is 5.42. The van der Waals surface area contributed by atoms with Crippen molar-refractivity contribution in [3.05, 3.63) is 71.8 Å². The summed E-state index contributed by atoms with van der Waals surface area (Å²) in [5.41, 5.74) is 1.70. The number of methoxy groups -OCH3 is 2. The first-order valence-corrected chi connectivity index (χ1v) is 8.65. The minimum absolute atomic E-state index is 0.0213. The zero-order chi connectivity index (χ0) is 18.5. The zero-order valence-electron chi connectivity index (χ0n) is 15.4. The van der Waals surface area contributed by atoms with Crippen molar-refractivity contribution in [2.24, 2.45) is 0 Å². The molecule has 0 unspecified atom stereocenters. The number of rotatable bonds is 6. The molecule has 0 radical (unpaired) electrons. The fourth-order valence-corrected chi connectivity index (χ4v) is 3.03. The number of carbonyl (C=O) groups excluding carboxylic acids is 1. The van der Waals surface area contributed by atoms with E-state index in [1.165, 1.54) is 0 Å². The normalized spacial score (nSPS) is 10.6. The largest absolute Gasteiger partial charge is 0.493 e. The second-order valence-corrected chi connectivity index (χ2v) is 6.07. The Balaban J connectivity index is 1.84. The third-order valence-electron chi connectivity index (χ3n) is 4.49. The highest BCUT2D eigenvalue weighted by Crippen LogP contribution is 2.28. The summed E-state index contributed by atoms with van der Waals surface area (Å²) < 4.78 is 10.6. The van der Waals surface area contributed by atoms with E-state index in [2.05, 4.69) is 0 Å². The summed E-state index contributed by atoms with van der Waals surface area (Å²) in [5.74, 6) is 1.37. The summed E-state index contributed by atoms with van der Waals surface area (Å²) in [5, 5.41) is 2.20. The van der Waals surface area contributed by atoms with E-state index in [1.807, 2.05) is 72.5 Å². The molecule has 0 fully saturated rings. The monoisotopic (exact) mass is 349 g/mol. The van der Waals surface area contributed by atoms with Gasteiger partial charge in [0.1, 0.15) is 0 Å². The Morgan fingerprint density at radius 3 is 2.31 bits per heavy atom. The second kappa shape index (κ2) is 7.91. The highest BCUT2D eigenvalue weighted by Gasteiger charge is 2.16. The van der Waals surface area contributed by atoms with Crippen LogP contribution < -0.4 is 9.47 Å². The molecule has 0 aromatic heterocycles. The molecule has 0 spiro atoms. The Morgan fingerprint density at radius 1 is 0.885 bits per heavy atom. The summed E-state index contributed by atoms with van der Waals surface area (Å²) >= 11 is 0. The van der Waals surface area contributed by atoms with Gasteiger partial charge < -0.3 is 14.4 Å². The van der Waals surface area contributed by atoms with Gasteiger partial charge in [-0.05, 0) is 47.5 Å². The predicted molar refractivity (Wildman–Crippen MR) is 104 cm³/mol. The lowest BCUT2D eigenvalue weighted by atomic mass is 10.1. The number of nitrogens with zero attached hydrogens (tertiary/aromatic N) is 1. The SMILES string of the molecule is CCN(Cc1ccc(OC)c(OC)c1)C(=O)c1ccc2ccccc2c1. The van der Waals surface area contributed by atoms with Crippen LogP contribution in [0.1, 0.15) is 22.8 Å². The average molecular weight is 349 g/mol. The highest BCUT2D eigenvalue weighted by atomic mass is 16.5. The summed E-state index contributed by atoms with van der Waals surface area (Å²) in [6.45, 7) is 3.13. The van der Waals surface area contributed by atoms with E-state index < -0.39 is 0 Å². The van der Waals surface area contributed by atoms with Crippen molar-refractivity contribution < 1.29 is 14.3 Å². The molecule has 0 atom stereocenters. The molecule has 3 aromatic rings. The fraction of sp³-hybridized carbons (Fsp3) is 0.227. The van der Waals surface area contributed by atoms with Crippen LogP contribution in [0.3, 0.4) is 0 Å². The van der Waals surface area contributed by atoms with Crippen molar-refractivity contribution >= 4 is 16.7 Å². The average Bonchev–Trinajstić information content (AvgIpc) is 2.70. The number of hydrogen-bond donors (Lipinski definition) is 0. The van der Waals surface area contributed by atoms with Crippen molar-refractivity contribution in [2.75, 3.05) is 20.8 Å². The summed E-state index contributed by atoms with van der Waals surface area (Å²) in [4.78, 5) is 14.8. The molecule has 0 aliphatic heterocycles. The maximum Gasteiger partial charge on any atom is 0.254 e. The van der Waals surface area contributed by atoms with Gasteiger partial charge in [-0.3, -0.25) is 4.79 Å². The molecule has 1 amide bonds. The number of benzene rings is 3. The lowest BCUT2D eigenvalue weighted by Gasteiger charge is -2.22. The van der Waals surface area contributed by atoms with Gasteiger partial charge in [0, 0.05) is 18.7 Å². The first kappa shape index (κ1) is 17.8. The molecule has 3 rings (SSSR count). The molecular formula is C22H23NO3. The molecule has 26 heavy (non-hydrogen) atoms. The van der Waals surface area contributed by atoms with Gasteiger partial charge in [-0.2, -0.15) is 0 Å².